The van der Waals surface area contributed by atoms with Crippen LogP contribution in [0.2, 0.25) is 0 Å². The van der Waals surface area contributed by atoms with E-state index in [2.05, 4.69) is 22.0 Å². The third-order valence-corrected chi connectivity index (χ3v) is 4.07. The molecule has 0 saturated carbocycles. The van der Waals surface area contributed by atoms with Gasteiger partial charge in [0.15, 0.2) is 0 Å². The number of hydrogen-bond donors (Lipinski definition) is 3. The summed E-state index contributed by atoms with van der Waals surface area (Å²) >= 11 is 0. The Kier molecular flexibility index (Phi) is 7.33. The molecule has 24 heavy (non-hydrogen) atoms. The van der Waals surface area contributed by atoms with E-state index < -0.39 is 0 Å². The highest BCUT2D eigenvalue weighted by molar-refractivity contribution is 5.91. The number of benzene rings is 1. The van der Waals surface area contributed by atoms with Gasteiger partial charge >= 0.3 is 0 Å². The lowest BCUT2D eigenvalue weighted by atomic mass is 9.97. The highest BCUT2D eigenvalue weighted by atomic mass is 16.2. The first-order valence-electron chi connectivity index (χ1n) is 8.75. The second-order valence-corrected chi connectivity index (χ2v) is 6.04. The van der Waals surface area contributed by atoms with Crippen molar-refractivity contribution in [2.75, 3.05) is 23.7 Å². The van der Waals surface area contributed by atoms with Crippen LogP contribution < -0.4 is 16.0 Å². The summed E-state index contributed by atoms with van der Waals surface area (Å²) in [5, 5.41) is 8.84. The van der Waals surface area contributed by atoms with Gasteiger partial charge in [0.2, 0.25) is 11.8 Å². The molecule has 0 radical (unpaired) electrons. The van der Waals surface area contributed by atoms with Crippen molar-refractivity contribution in [3.05, 3.63) is 35.9 Å². The van der Waals surface area contributed by atoms with E-state index in [9.17, 15) is 9.59 Å². The van der Waals surface area contributed by atoms with Crippen molar-refractivity contribution in [2.24, 2.45) is 0 Å². The van der Waals surface area contributed by atoms with E-state index in [0.717, 1.165) is 17.8 Å². The normalized spacial score (nSPS) is 13.8. The van der Waals surface area contributed by atoms with Crippen molar-refractivity contribution < 1.29 is 9.59 Å². The summed E-state index contributed by atoms with van der Waals surface area (Å²) in [6.45, 7) is 2.73. The van der Waals surface area contributed by atoms with E-state index in [1.807, 2.05) is 31.2 Å². The van der Waals surface area contributed by atoms with Gasteiger partial charge in [0.1, 0.15) is 0 Å². The monoisotopic (exact) mass is 329 g/mol. The lowest BCUT2D eigenvalue weighted by molar-refractivity contribution is -0.119. The molecule has 5 nitrogen and oxygen atoms in total. The standard InChI is InChI=1S/C19H27N3O2/c1-2-18(23)22-17-10-6-9-16(13-17)21-14-19(24)20-12-11-15-7-4-3-5-8-15/h6-7,9-10,13,21H,2-5,8,11-12,14H2,1H3,(H,20,24)(H,22,23). The van der Waals surface area contributed by atoms with Gasteiger partial charge in [-0.2, -0.15) is 0 Å². The first-order chi connectivity index (χ1) is 11.7. The summed E-state index contributed by atoms with van der Waals surface area (Å²) in [6.07, 6.45) is 8.61. The molecule has 0 saturated heterocycles. The summed E-state index contributed by atoms with van der Waals surface area (Å²) in [5.41, 5.74) is 3.01. The van der Waals surface area contributed by atoms with Crippen LogP contribution in [0.15, 0.2) is 35.9 Å². The molecule has 2 rings (SSSR count). The van der Waals surface area contributed by atoms with Gasteiger partial charge in [0, 0.05) is 24.3 Å². The summed E-state index contributed by atoms with van der Waals surface area (Å²) in [7, 11) is 0. The van der Waals surface area contributed by atoms with Gasteiger partial charge < -0.3 is 16.0 Å². The Hall–Kier alpha value is -2.30. The summed E-state index contributed by atoms with van der Waals surface area (Å²) in [4.78, 5) is 23.3. The maximum atomic E-state index is 11.9. The molecular weight excluding hydrogens is 302 g/mol. The van der Waals surface area contributed by atoms with Crippen molar-refractivity contribution >= 4 is 23.2 Å². The van der Waals surface area contributed by atoms with Gasteiger partial charge in [-0.05, 0) is 50.3 Å². The Bertz CT molecular complexity index is 596. The minimum Gasteiger partial charge on any atom is -0.376 e. The Morgan fingerprint density at radius 1 is 1.12 bits per heavy atom. The number of rotatable bonds is 8. The van der Waals surface area contributed by atoms with Crippen LogP contribution in [0.25, 0.3) is 0 Å². The summed E-state index contributed by atoms with van der Waals surface area (Å²) in [6, 6.07) is 7.38. The van der Waals surface area contributed by atoms with E-state index in [4.69, 9.17) is 0 Å². The second-order valence-electron chi connectivity index (χ2n) is 6.04. The largest absolute Gasteiger partial charge is 0.376 e. The van der Waals surface area contributed by atoms with Gasteiger partial charge in [-0.1, -0.05) is 24.6 Å². The average Bonchev–Trinajstić information content (AvgIpc) is 2.61. The van der Waals surface area contributed by atoms with E-state index in [1.165, 1.54) is 31.3 Å². The van der Waals surface area contributed by atoms with E-state index in [-0.39, 0.29) is 18.4 Å². The molecule has 1 aliphatic rings. The molecule has 0 aromatic heterocycles. The summed E-state index contributed by atoms with van der Waals surface area (Å²) < 4.78 is 0. The Balaban J connectivity index is 1.70. The lowest BCUT2D eigenvalue weighted by Gasteiger charge is -2.13. The van der Waals surface area contributed by atoms with Crippen LogP contribution in [-0.2, 0) is 9.59 Å². The van der Waals surface area contributed by atoms with Crippen molar-refractivity contribution in [1.82, 2.24) is 5.32 Å². The van der Waals surface area contributed by atoms with Crippen molar-refractivity contribution in [1.29, 1.82) is 0 Å². The molecule has 2 amide bonds. The Morgan fingerprint density at radius 2 is 1.96 bits per heavy atom. The molecule has 1 aliphatic carbocycles. The Labute approximate surface area is 143 Å². The van der Waals surface area contributed by atoms with Crippen molar-refractivity contribution in [3.63, 3.8) is 0 Å². The molecule has 0 fully saturated rings. The van der Waals surface area contributed by atoms with Crippen LogP contribution in [-0.4, -0.2) is 24.9 Å². The highest BCUT2D eigenvalue weighted by Crippen LogP contribution is 2.19. The molecule has 0 heterocycles. The SMILES string of the molecule is CCC(=O)Nc1cccc(NCC(=O)NCCC2=CCCCC2)c1. The topological polar surface area (TPSA) is 70.2 Å². The molecule has 0 aliphatic heterocycles. The van der Waals surface area contributed by atoms with Crippen LogP contribution in [0.5, 0.6) is 0 Å². The second kappa shape index (κ2) is 9.75. The first-order valence-corrected chi connectivity index (χ1v) is 8.75. The molecule has 5 heteroatoms. The van der Waals surface area contributed by atoms with Crippen LogP contribution in [0.1, 0.15) is 45.4 Å². The summed E-state index contributed by atoms with van der Waals surface area (Å²) in [5.74, 6) is -0.0451. The highest BCUT2D eigenvalue weighted by Gasteiger charge is 2.06. The van der Waals surface area contributed by atoms with Crippen LogP contribution in [0.3, 0.4) is 0 Å². The number of hydrogen-bond acceptors (Lipinski definition) is 3. The fourth-order valence-electron chi connectivity index (χ4n) is 2.70. The molecule has 0 atom stereocenters. The van der Waals surface area contributed by atoms with E-state index in [0.29, 0.717) is 13.0 Å². The maximum absolute atomic E-state index is 11.9. The van der Waals surface area contributed by atoms with Gasteiger partial charge in [0.25, 0.3) is 0 Å². The fourth-order valence-corrected chi connectivity index (χ4v) is 2.70. The zero-order valence-electron chi connectivity index (χ0n) is 14.4. The number of amides is 2. The molecular formula is C19H27N3O2. The number of carbonyl (C=O) groups excluding carboxylic acids is 2. The predicted molar refractivity (Wildman–Crippen MR) is 98.0 cm³/mol. The third-order valence-electron chi connectivity index (χ3n) is 4.07. The smallest absolute Gasteiger partial charge is 0.239 e. The lowest BCUT2D eigenvalue weighted by Crippen LogP contribution is -2.30. The maximum Gasteiger partial charge on any atom is 0.239 e. The van der Waals surface area contributed by atoms with E-state index >= 15 is 0 Å². The molecule has 130 valence electrons. The third kappa shape index (κ3) is 6.44. The number of anilines is 2. The molecule has 0 unspecified atom stereocenters. The van der Waals surface area contributed by atoms with Crippen molar-refractivity contribution in [2.45, 2.75) is 45.4 Å². The minimum atomic E-state index is -0.0260. The van der Waals surface area contributed by atoms with Crippen molar-refractivity contribution in [3.8, 4) is 0 Å². The average molecular weight is 329 g/mol. The predicted octanol–water partition coefficient (Wildman–Crippen LogP) is 3.45. The molecule has 3 N–H and O–H groups in total. The van der Waals surface area contributed by atoms with Gasteiger partial charge in [0.05, 0.1) is 6.54 Å². The van der Waals surface area contributed by atoms with Gasteiger partial charge in [-0.25, -0.2) is 0 Å². The van der Waals surface area contributed by atoms with Crippen LogP contribution >= 0.6 is 0 Å². The molecule has 0 bridgehead atoms. The number of allylic oxidation sites excluding steroid dienone is 1. The fraction of sp³-hybridized carbons (Fsp3) is 0.474. The quantitative estimate of drug-likeness (QED) is 0.640. The number of carbonyl (C=O) groups is 2. The molecule has 1 aromatic rings. The zero-order valence-corrected chi connectivity index (χ0v) is 14.4. The van der Waals surface area contributed by atoms with E-state index in [1.54, 1.807) is 0 Å². The molecule has 0 spiro atoms. The number of nitrogens with one attached hydrogen (secondary N) is 3. The Morgan fingerprint density at radius 3 is 2.71 bits per heavy atom. The van der Waals surface area contributed by atoms with Crippen LogP contribution in [0, 0.1) is 0 Å². The van der Waals surface area contributed by atoms with Gasteiger partial charge in [-0.3, -0.25) is 9.59 Å². The minimum absolute atomic E-state index is 0.0191. The first kappa shape index (κ1) is 18.0. The van der Waals surface area contributed by atoms with Gasteiger partial charge in [-0.15, -0.1) is 0 Å². The molecule has 1 aromatic carbocycles. The zero-order chi connectivity index (χ0) is 17.2. The van der Waals surface area contributed by atoms with Crippen LogP contribution in [0.4, 0.5) is 11.4 Å².